The van der Waals surface area contributed by atoms with Gasteiger partial charge in [-0.15, -0.1) is 11.8 Å². The summed E-state index contributed by atoms with van der Waals surface area (Å²) in [6.07, 6.45) is 3.13. The molecule has 0 N–H and O–H groups in total. The van der Waals surface area contributed by atoms with Gasteiger partial charge in [-0.05, 0) is 0 Å². The van der Waals surface area contributed by atoms with Crippen LogP contribution in [0.3, 0.4) is 0 Å². The van der Waals surface area contributed by atoms with Gasteiger partial charge in [-0.1, -0.05) is 0 Å². The van der Waals surface area contributed by atoms with Gasteiger partial charge in [0.15, 0.2) is 5.75 Å². The molecular weight excluding hydrogens is 270 g/mol. The Morgan fingerprint density at radius 1 is 1.44 bits per heavy atom. The number of hydrogen-bond acceptors (Lipinski definition) is 6. The van der Waals surface area contributed by atoms with E-state index in [4.69, 9.17) is 4.74 Å². The van der Waals surface area contributed by atoms with Gasteiger partial charge in [0.2, 0.25) is 11.9 Å². The van der Waals surface area contributed by atoms with E-state index in [1.165, 1.54) is 4.90 Å². The molecule has 5 nitrogen and oxygen atoms in total. The molecule has 0 spiro atoms. The highest BCUT2D eigenvalue weighted by molar-refractivity contribution is 8.07. The van der Waals surface area contributed by atoms with Gasteiger partial charge in [-0.3, -0.25) is 9.69 Å². The van der Waals surface area contributed by atoms with E-state index >= 15 is 0 Å². The predicted molar refractivity (Wildman–Crippen MR) is 75.6 cm³/mol. The van der Waals surface area contributed by atoms with Crippen LogP contribution < -0.4 is 9.64 Å². The van der Waals surface area contributed by atoms with Gasteiger partial charge in [0.1, 0.15) is 0 Å². The maximum atomic E-state index is 12.2. The lowest BCUT2D eigenvalue weighted by molar-refractivity contribution is -0.117. The summed E-state index contributed by atoms with van der Waals surface area (Å²) in [5, 5.41) is 0.0134. The van der Waals surface area contributed by atoms with Crippen molar-refractivity contribution in [3.8, 4) is 5.75 Å². The average molecular weight is 285 g/mol. The van der Waals surface area contributed by atoms with Gasteiger partial charge >= 0.3 is 0 Å². The zero-order valence-electron chi connectivity index (χ0n) is 10.3. The van der Waals surface area contributed by atoms with Crippen LogP contribution in [0.5, 0.6) is 5.75 Å². The Kier molecular flexibility index (Phi) is 4.71. The average Bonchev–Trinajstić information content (AvgIpc) is 2.47. The van der Waals surface area contributed by atoms with E-state index < -0.39 is 0 Å². The van der Waals surface area contributed by atoms with Gasteiger partial charge in [-0.25, -0.2) is 9.97 Å². The number of nitrogens with zero attached hydrogens (tertiary/aromatic N) is 3. The standard InChI is InChI=1S/C11H15N3O2S2/c1-14(10(15)9-7-17-3-4-18-9)11-12-5-8(16-2)6-13-11/h5-6,9H,3-4,7H2,1-2H3. The van der Waals surface area contributed by atoms with Crippen LogP contribution in [-0.2, 0) is 4.79 Å². The normalized spacial score (nSPS) is 19.3. The molecule has 1 amide bonds. The van der Waals surface area contributed by atoms with Crippen LogP contribution in [0.25, 0.3) is 0 Å². The molecular formula is C11H15N3O2S2. The Morgan fingerprint density at radius 2 is 2.17 bits per heavy atom. The number of ether oxygens (including phenoxy) is 1. The van der Waals surface area contributed by atoms with Gasteiger partial charge in [0.25, 0.3) is 0 Å². The Balaban J connectivity index is 2.04. The fourth-order valence-electron chi connectivity index (χ4n) is 1.53. The second kappa shape index (κ2) is 6.29. The highest BCUT2D eigenvalue weighted by Crippen LogP contribution is 2.26. The Labute approximate surface area is 115 Å². The zero-order valence-corrected chi connectivity index (χ0v) is 12.0. The molecule has 1 aromatic heterocycles. The molecule has 1 atom stereocenters. The minimum absolute atomic E-state index is 0.0134. The van der Waals surface area contributed by atoms with Crippen molar-refractivity contribution < 1.29 is 9.53 Å². The minimum Gasteiger partial charge on any atom is -0.494 e. The lowest BCUT2D eigenvalue weighted by Crippen LogP contribution is -2.38. The summed E-state index contributed by atoms with van der Waals surface area (Å²) < 4.78 is 4.99. The van der Waals surface area contributed by atoms with Crippen molar-refractivity contribution in [2.45, 2.75) is 5.25 Å². The number of rotatable bonds is 3. The molecule has 0 radical (unpaired) electrons. The Hall–Kier alpha value is -0.950. The molecule has 2 rings (SSSR count). The topological polar surface area (TPSA) is 55.3 Å². The number of aromatic nitrogens is 2. The van der Waals surface area contributed by atoms with Crippen LogP contribution in [0.4, 0.5) is 5.95 Å². The molecule has 1 saturated heterocycles. The first kappa shape index (κ1) is 13.5. The summed E-state index contributed by atoms with van der Waals surface area (Å²) in [5.74, 6) is 4.08. The van der Waals surface area contributed by atoms with Gasteiger partial charge < -0.3 is 4.74 Å². The van der Waals surface area contributed by atoms with E-state index in [1.807, 2.05) is 11.8 Å². The molecule has 18 heavy (non-hydrogen) atoms. The molecule has 1 aliphatic rings. The molecule has 0 aliphatic carbocycles. The first-order valence-electron chi connectivity index (χ1n) is 5.55. The Morgan fingerprint density at radius 3 is 2.72 bits per heavy atom. The maximum absolute atomic E-state index is 12.2. The summed E-state index contributed by atoms with van der Waals surface area (Å²) in [5.41, 5.74) is 0. The first-order chi connectivity index (χ1) is 8.72. The number of carbonyl (C=O) groups is 1. The van der Waals surface area contributed by atoms with Crippen molar-refractivity contribution in [3.05, 3.63) is 12.4 Å². The quantitative estimate of drug-likeness (QED) is 0.834. The van der Waals surface area contributed by atoms with E-state index in [2.05, 4.69) is 9.97 Å². The number of carbonyl (C=O) groups excluding carboxylic acids is 1. The third-order valence-corrected chi connectivity index (χ3v) is 5.31. The van der Waals surface area contributed by atoms with Crippen LogP contribution in [0.2, 0.25) is 0 Å². The molecule has 98 valence electrons. The van der Waals surface area contributed by atoms with Gasteiger partial charge in [0.05, 0.1) is 24.8 Å². The number of amides is 1. The van der Waals surface area contributed by atoms with E-state index in [-0.39, 0.29) is 11.2 Å². The van der Waals surface area contributed by atoms with Crippen LogP contribution in [0, 0.1) is 0 Å². The summed E-state index contributed by atoms with van der Waals surface area (Å²) >= 11 is 3.53. The Bertz CT molecular complexity index is 407. The van der Waals surface area contributed by atoms with Gasteiger partial charge in [0, 0.05) is 24.3 Å². The van der Waals surface area contributed by atoms with Crippen LogP contribution >= 0.6 is 23.5 Å². The maximum Gasteiger partial charge on any atom is 0.243 e. The molecule has 1 unspecified atom stereocenters. The molecule has 1 aromatic rings. The molecule has 0 bridgehead atoms. The smallest absolute Gasteiger partial charge is 0.243 e. The van der Waals surface area contributed by atoms with Crippen LogP contribution in [0.1, 0.15) is 0 Å². The monoisotopic (exact) mass is 285 g/mol. The fourth-order valence-corrected chi connectivity index (χ4v) is 4.17. The third-order valence-electron chi connectivity index (χ3n) is 2.57. The second-order valence-electron chi connectivity index (χ2n) is 3.75. The fraction of sp³-hybridized carbons (Fsp3) is 0.545. The highest BCUT2D eigenvalue weighted by Gasteiger charge is 2.26. The van der Waals surface area contributed by atoms with Crippen molar-refractivity contribution in [3.63, 3.8) is 0 Å². The van der Waals surface area contributed by atoms with E-state index in [9.17, 15) is 4.79 Å². The molecule has 2 heterocycles. The highest BCUT2D eigenvalue weighted by atomic mass is 32.2. The summed E-state index contributed by atoms with van der Waals surface area (Å²) in [6.45, 7) is 0. The lowest BCUT2D eigenvalue weighted by atomic mass is 10.4. The SMILES string of the molecule is COc1cnc(N(C)C(=O)C2CSCCS2)nc1. The number of thioether (sulfide) groups is 2. The van der Waals surface area contributed by atoms with Crippen molar-refractivity contribution in [2.24, 2.45) is 0 Å². The first-order valence-corrected chi connectivity index (χ1v) is 7.75. The summed E-state index contributed by atoms with van der Waals surface area (Å²) in [6, 6.07) is 0. The second-order valence-corrected chi connectivity index (χ2v) is 6.21. The summed E-state index contributed by atoms with van der Waals surface area (Å²) in [7, 11) is 3.27. The van der Waals surface area contributed by atoms with E-state index in [0.29, 0.717) is 11.7 Å². The zero-order chi connectivity index (χ0) is 13.0. The molecule has 1 aliphatic heterocycles. The molecule has 1 fully saturated rings. The van der Waals surface area contributed by atoms with Crippen LogP contribution in [0.15, 0.2) is 12.4 Å². The lowest BCUT2D eigenvalue weighted by Gasteiger charge is -2.24. The van der Waals surface area contributed by atoms with E-state index in [1.54, 1.807) is 38.3 Å². The van der Waals surface area contributed by atoms with Crippen molar-refractivity contribution in [2.75, 3.05) is 36.3 Å². The van der Waals surface area contributed by atoms with Crippen molar-refractivity contribution in [1.29, 1.82) is 0 Å². The predicted octanol–water partition coefficient (Wildman–Crippen LogP) is 1.30. The molecule has 7 heteroatoms. The van der Waals surface area contributed by atoms with Gasteiger partial charge in [-0.2, -0.15) is 11.8 Å². The third kappa shape index (κ3) is 3.08. The largest absolute Gasteiger partial charge is 0.494 e. The number of methoxy groups -OCH3 is 1. The van der Waals surface area contributed by atoms with Crippen LogP contribution in [-0.4, -0.2) is 52.5 Å². The molecule has 0 aromatic carbocycles. The molecule has 0 saturated carbocycles. The number of anilines is 1. The summed E-state index contributed by atoms with van der Waals surface area (Å²) in [4.78, 5) is 22.0. The number of hydrogen-bond donors (Lipinski definition) is 0. The van der Waals surface area contributed by atoms with E-state index in [0.717, 1.165) is 17.3 Å². The minimum atomic E-state index is 0.0134. The van der Waals surface area contributed by atoms with Crippen molar-refractivity contribution >= 4 is 35.4 Å². The van der Waals surface area contributed by atoms with Crippen molar-refractivity contribution in [1.82, 2.24) is 9.97 Å².